The number of methoxy groups -OCH3 is 1. The van der Waals surface area contributed by atoms with Gasteiger partial charge in [0.15, 0.2) is 11.6 Å². The maximum Gasteiger partial charge on any atom is 0.323 e. The highest BCUT2D eigenvalue weighted by Crippen LogP contribution is 2.29. The summed E-state index contributed by atoms with van der Waals surface area (Å²) in [5.74, 6) is -1.67. The normalized spacial score (nSPS) is 14.2. The summed E-state index contributed by atoms with van der Waals surface area (Å²) in [5, 5.41) is 7.91. The van der Waals surface area contributed by atoms with E-state index in [2.05, 4.69) is 27.8 Å². The van der Waals surface area contributed by atoms with Crippen LogP contribution >= 0.6 is 0 Å². The van der Waals surface area contributed by atoms with Gasteiger partial charge < -0.3 is 25.6 Å². The zero-order valence-corrected chi connectivity index (χ0v) is 18.2. The summed E-state index contributed by atoms with van der Waals surface area (Å²) < 4.78 is 31.4. The highest BCUT2D eigenvalue weighted by molar-refractivity contribution is 6.04. The first-order valence-corrected chi connectivity index (χ1v) is 10.6. The number of nitrogens with zero attached hydrogens (tertiary/aromatic N) is 1. The molecule has 32 heavy (non-hydrogen) atoms. The van der Waals surface area contributed by atoms with Gasteiger partial charge in [0.25, 0.3) is 5.91 Å². The van der Waals surface area contributed by atoms with Crippen molar-refractivity contribution >= 4 is 29.0 Å². The topological polar surface area (TPSA) is 82.7 Å². The van der Waals surface area contributed by atoms with E-state index >= 15 is 0 Å². The molecular formula is C23H28F2N4O3. The summed E-state index contributed by atoms with van der Waals surface area (Å²) in [4.78, 5) is 27.4. The maximum atomic E-state index is 13.4. The zero-order valence-electron chi connectivity index (χ0n) is 18.2. The lowest BCUT2D eigenvalue weighted by Gasteiger charge is -2.33. The minimum Gasteiger partial charge on any atom is -0.383 e. The van der Waals surface area contributed by atoms with Gasteiger partial charge in [-0.15, -0.1) is 0 Å². The summed E-state index contributed by atoms with van der Waals surface area (Å²) in [6, 6.07) is 7.58. The largest absolute Gasteiger partial charge is 0.383 e. The third kappa shape index (κ3) is 6.16. The van der Waals surface area contributed by atoms with Crippen LogP contribution in [0.5, 0.6) is 0 Å². The second-order valence-corrected chi connectivity index (χ2v) is 7.86. The van der Waals surface area contributed by atoms with Crippen molar-refractivity contribution in [3.05, 3.63) is 53.6 Å². The smallest absolute Gasteiger partial charge is 0.323 e. The lowest BCUT2D eigenvalue weighted by atomic mass is 9.98. The number of urea groups is 1. The van der Waals surface area contributed by atoms with Gasteiger partial charge in [0.05, 0.1) is 12.2 Å². The number of ether oxygens (including phenoxy) is 1. The SMILES string of the molecule is COCCNC(=O)c1cc(NC(=O)Nc2ccc(F)c(F)c2)ccc1N1CCC(C)CC1. The second-order valence-electron chi connectivity index (χ2n) is 7.86. The number of rotatable bonds is 7. The van der Waals surface area contributed by atoms with Crippen LogP contribution in [0.1, 0.15) is 30.1 Å². The van der Waals surface area contributed by atoms with Crippen LogP contribution in [-0.2, 0) is 4.74 Å². The number of benzene rings is 2. The standard InChI is InChI=1S/C23H28F2N4O3/c1-15-7-10-29(11-8-15)21-6-4-16(13-18(21)22(30)26-9-12-32-2)27-23(31)28-17-3-5-19(24)20(25)14-17/h3-6,13-15H,7-12H2,1-2H3,(H,26,30)(H2,27,28,31). The van der Waals surface area contributed by atoms with E-state index in [0.717, 1.165) is 43.8 Å². The molecule has 0 atom stereocenters. The lowest BCUT2D eigenvalue weighted by molar-refractivity contribution is 0.0937. The Bertz CT molecular complexity index is 962. The van der Waals surface area contributed by atoms with Crippen LogP contribution in [-0.4, -0.2) is 45.3 Å². The van der Waals surface area contributed by atoms with Crippen LogP contribution in [0.3, 0.4) is 0 Å². The molecule has 0 aromatic heterocycles. The molecule has 0 aliphatic carbocycles. The van der Waals surface area contributed by atoms with Crippen molar-refractivity contribution in [1.82, 2.24) is 5.32 Å². The molecular weight excluding hydrogens is 418 g/mol. The minimum atomic E-state index is -1.06. The van der Waals surface area contributed by atoms with Crippen molar-refractivity contribution in [3.63, 3.8) is 0 Å². The number of amides is 3. The summed E-state index contributed by atoms with van der Waals surface area (Å²) in [5.41, 5.74) is 1.76. The van der Waals surface area contributed by atoms with Crippen molar-refractivity contribution in [2.75, 3.05) is 48.9 Å². The van der Waals surface area contributed by atoms with Gasteiger partial charge in [0, 0.05) is 49.9 Å². The van der Waals surface area contributed by atoms with E-state index in [0.29, 0.717) is 30.3 Å². The molecule has 7 nitrogen and oxygen atoms in total. The Labute approximate surface area is 186 Å². The molecule has 2 aromatic rings. The van der Waals surface area contributed by atoms with Crippen LogP contribution in [0.15, 0.2) is 36.4 Å². The Balaban J connectivity index is 1.76. The van der Waals surface area contributed by atoms with Gasteiger partial charge >= 0.3 is 6.03 Å². The second kappa shape index (κ2) is 10.9. The molecule has 9 heteroatoms. The predicted octanol–water partition coefficient (Wildman–Crippen LogP) is 4.22. The Morgan fingerprint density at radius 1 is 1.03 bits per heavy atom. The van der Waals surface area contributed by atoms with Crippen LogP contribution < -0.4 is 20.9 Å². The molecule has 0 spiro atoms. The van der Waals surface area contributed by atoms with Crippen LogP contribution in [0.25, 0.3) is 0 Å². The zero-order chi connectivity index (χ0) is 23.1. The first kappa shape index (κ1) is 23.5. The average molecular weight is 446 g/mol. The Morgan fingerprint density at radius 3 is 2.34 bits per heavy atom. The summed E-state index contributed by atoms with van der Waals surface area (Å²) in [6.45, 7) is 4.66. The Morgan fingerprint density at radius 2 is 1.69 bits per heavy atom. The fourth-order valence-electron chi connectivity index (χ4n) is 3.55. The Hall–Kier alpha value is -3.20. The Kier molecular flexibility index (Phi) is 7.99. The number of nitrogens with one attached hydrogen (secondary N) is 3. The van der Waals surface area contributed by atoms with Gasteiger partial charge in [0.1, 0.15) is 0 Å². The number of hydrogen-bond donors (Lipinski definition) is 3. The average Bonchev–Trinajstić information content (AvgIpc) is 2.77. The van der Waals surface area contributed by atoms with E-state index in [1.54, 1.807) is 19.2 Å². The molecule has 172 valence electrons. The highest BCUT2D eigenvalue weighted by Gasteiger charge is 2.22. The van der Waals surface area contributed by atoms with Gasteiger partial charge in [0.2, 0.25) is 0 Å². The number of piperidine rings is 1. The van der Waals surface area contributed by atoms with Gasteiger partial charge in [-0.25, -0.2) is 13.6 Å². The van der Waals surface area contributed by atoms with E-state index in [9.17, 15) is 18.4 Å². The lowest BCUT2D eigenvalue weighted by Crippen LogP contribution is -2.35. The first-order chi connectivity index (χ1) is 15.4. The third-order valence-electron chi connectivity index (χ3n) is 5.39. The van der Waals surface area contributed by atoms with E-state index in [1.165, 1.54) is 6.07 Å². The number of hydrogen-bond acceptors (Lipinski definition) is 4. The first-order valence-electron chi connectivity index (χ1n) is 10.6. The molecule has 1 fully saturated rings. The molecule has 1 aliphatic heterocycles. The molecule has 0 radical (unpaired) electrons. The van der Waals surface area contributed by atoms with Gasteiger partial charge in [-0.3, -0.25) is 4.79 Å². The highest BCUT2D eigenvalue weighted by atomic mass is 19.2. The number of halogens is 2. The summed E-state index contributed by atoms with van der Waals surface area (Å²) in [7, 11) is 1.56. The molecule has 1 saturated heterocycles. The molecule has 3 N–H and O–H groups in total. The van der Waals surface area contributed by atoms with Crippen LogP contribution in [0, 0.1) is 17.6 Å². The number of carbonyl (C=O) groups excluding carboxylic acids is 2. The van der Waals surface area contributed by atoms with Crippen molar-refractivity contribution in [2.45, 2.75) is 19.8 Å². The minimum absolute atomic E-state index is 0.109. The fraction of sp³-hybridized carbons (Fsp3) is 0.391. The third-order valence-corrected chi connectivity index (χ3v) is 5.39. The quantitative estimate of drug-likeness (QED) is 0.556. The van der Waals surface area contributed by atoms with Crippen molar-refractivity contribution < 1.29 is 23.1 Å². The fourth-order valence-corrected chi connectivity index (χ4v) is 3.55. The van der Waals surface area contributed by atoms with Crippen molar-refractivity contribution in [2.24, 2.45) is 5.92 Å². The monoisotopic (exact) mass is 446 g/mol. The van der Waals surface area contributed by atoms with Gasteiger partial charge in [-0.05, 0) is 49.1 Å². The molecule has 3 amide bonds. The molecule has 0 unspecified atom stereocenters. The van der Waals surface area contributed by atoms with Gasteiger partial charge in [-0.1, -0.05) is 6.92 Å². The molecule has 0 saturated carbocycles. The predicted molar refractivity (Wildman–Crippen MR) is 120 cm³/mol. The molecule has 2 aromatic carbocycles. The number of carbonyl (C=O) groups is 2. The summed E-state index contributed by atoms with van der Waals surface area (Å²) in [6.07, 6.45) is 2.09. The van der Waals surface area contributed by atoms with E-state index in [-0.39, 0.29) is 11.6 Å². The molecule has 0 bridgehead atoms. The number of anilines is 3. The van der Waals surface area contributed by atoms with Crippen molar-refractivity contribution in [1.29, 1.82) is 0 Å². The van der Waals surface area contributed by atoms with Gasteiger partial charge in [-0.2, -0.15) is 0 Å². The molecule has 1 heterocycles. The van der Waals surface area contributed by atoms with E-state index in [4.69, 9.17) is 4.74 Å². The molecule has 1 aliphatic rings. The van der Waals surface area contributed by atoms with E-state index in [1.807, 2.05) is 6.07 Å². The van der Waals surface area contributed by atoms with Crippen LogP contribution in [0.2, 0.25) is 0 Å². The van der Waals surface area contributed by atoms with Crippen molar-refractivity contribution in [3.8, 4) is 0 Å². The van der Waals surface area contributed by atoms with E-state index < -0.39 is 17.7 Å². The summed E-state index contributed by atoms with van der Waals surface area (Å²) >= 11 is 0. The van der Waals surface area contributed by atoms with Crippen LogP contribution in [0.4, 0.5) is 30.6 Å². The molecule has 3 rings (SSSR count). The maximum absolute atomic E-state index is 13.4.